The minimum absolute atomic E-state index is 1.02. The first-order chi connectivity index (χ1) is 6.77. The molecule has 0 amide bonds. The van der Waals surface area contributed by atoms with Gasteiger partial charge in [0.05, 0.1) is 5.69 Å². The maximum Gasteiger partial charge on any atom is 0.0737 e. The molecule has 0 spiro atoms. The molecular weight excluding hydrogens is 170 g/mol. The molecule has 69 valence electrons. The summed E-state index contributed by atoms with van der Waals surface area (Å²) in [7, 11) is 0. The molecular formula is C13H12N. The van der Waals surface area contributed by atoms with E-state index in [0.29, 0.717) is 0 Å². The molecule has 0 aliphatic heterocycles. The Kier molecular flexibility index (Phi) is 2.32. The zero-order valence-corrected chi connectivity index (χ0v) is 8.41. The monoisotopic (exact) mass is 182 g/mol. The summed E-state index contributed by atoms with van der Waals surface area (Å²) in [5.74, 6) is 0. The molecule has 0 N–H and O–H groups in total. The average Bonchev–Trinajstić information content (AvgIpc) is 2.19. The van der Waals surface area contributed by atoms with E-state index in [1.165, 1.54) is 11.1 Å². The Balaban J connectivity index is 2.53. The lowest BCUT2D eigenvalue weighted by atomic mass is 10.1. The maximum atomic E-state index is 4.42. The molecule has 0 atom stereocenters. The van der Waals surface area contributed by atoms with E-state index in [9.17, 15) is 0 Å². The van der Waals surface area contributed by atoms with E-state index in [1.54, 1.807) is 0 Å². The third kappa shape index (κ3) is 1.67. The Hall–Kier alpha value is -1.63. The van der Waals surface area contributed by atoms with Gasteiger partial charge in [-0.15, -0.1) is 0 Å². The van der Waals surface area contributed by atoms with Crippen molar-refractivity contribution in [2.75, 3.05) is 0 Å². The van der Waals surface area contributed by atoms with E-state index >= 15 is 0 Å². The van der Waals surface area contributed by atoms with Crippen molar-refractivity contribution in [1.29, 1.82) is 0 Å². The molecule has 1 heterocycles. The van der Waals surface area contributed by atoms with Crippen LogP contribution in [0.1, 0.15) is 11.1 Å². The zero-order valence-electron chi connectivity index (χ0n) is 8.41. The van der Waals surface area contributed by atoms with Crippen LogP contribution in [0.4, 0.5) is 0 Å². The predicted octanol–water partition coefficient (Wildman–Crippen LogP) is 3.17. The van der Waals surface area contributed by atoms with Crippen molar-refractivity contribution in [2.24, 2.45) is 0 Å². The van der Waals surface area contributed by atoms with Crippen LogP contribution in [-0.4, -0.2) is 4.98 Å². The molecule has 2 aromatic rings. The number of hydrogen-bond donors (Lipinski definition) is 0. The normalized spacial score (nSPS) is 10.1. The van der Waals surface area contributed by atoms with Gasteiger partial charge in [-0.25, -0.2) is 0 Å². The molecule has 0 aliphatic rings. The standard InChI is InChI=1S/C13H12N/c1-10-8-11(2)13(14-9-10)12-6-4-3-5-7-12/h3-6,8-9H,1-2H3. The SMILES string of the molecule is Cc1cnc(-c2[c]cccc2)c(C)c1. The van der Waals surface area contributed by atoms with Gasteiger partial charge in [0.2, 0.25) is 0 Å². The Labute approximate surface area is 84.4 Å². The minimum Gasteiger partial charge on any atom is -0.256 e. The fraction of sp³-hybridized carbons (Fsp3) is 0.154. The maximum absolute atomic E-state index is 4.42. The van der Waals surface area contributed by atoms with Crippen molar-refractivity contribution in [3.05, 3.63) is 53.7 Å². The number of pyridine rings is 1. The molecule has 0 bridgehead atoms. The largest absolute Gasteiger partial charge is 0.256 e. The van der Waals surface area contributed by atoms with Gasteiger partial charge in [0.25, 0.3) is 0 Å². The Morgan fingerprint density at radius 3 is 2.71 bits per heavy atom. The van der Waals surface area contributed by atoms with Gasteiger partial charge < -0.3 is 0 Å². The van der Waals surface area contributed by atoms with Crippen molar-refractivity contribution in [3.63, 3.8) is 0 Å². The van der Waals surface area contributed by atoms with Gasteiger partial charge in [0, 0.05) is 11.8 Å². The summed E-state index contributed by atoms with van der Waals surface area (Å²) in [6.07, 6.45) is 1.89. The highest BCUT2D eigenvalue weighted by Crippen LogP contribution is 2.20. The second-order valence-corrected chi connectivity index (χ2v) is 3.45. The van der Waals surface area contributed by atoms with Crippen LogP contribution in [0.25, 0.3) is 11.3 Å². The molecule has 0 saturated heterocycles. The second kappa shape index (κ2) is 3.62. The summed E-state index contributed by atoms with van der Waals surface area (Å²) in [5, 5.41) is 0. The first-order valence-corrected chi connectivity index (χ1v) is 4.68. The minimum atomic E-state index is 1.02. The Bertz CT molecular complexity index is 432. The number of rotatable bonds is 1. The first-order valence-electron chi connectivity index (χ1n) is 4.68. The topological polar surface area (TPSA) is 12.9 Å². The first kappa shape index (κ1) is 8.95. The van der Waals surface area contributed by atoms with Crippen molar-refractivity contribution >= 4 is 0 Å². The average molecular weight is 182 g/mol. The van der Waals surface area contributed by atoms with Crippen LogP contribution in [-0.2, 0) is 0 Å². The highest BCUT2D eigenvalue weighted by Gasteiger charge is 2.02. The van der Waals surface area contributed by atoms with Gasteiger partial charge in [-0.1, -0.05) is 30.3 Å². The fourth-order valence-corrected chi connectivity index (χ4v) is 1.54. The van der Waals surface area contributed by atoms with Crippen LogP contribution < -0.4 is 0 Å². The van der Waals surface area contributed by atoms with Crippen LogP contribution in [0, 0.1) is 19.9 Å². The van der Waals surface area contributed by atoms with Gasteiger partial charge in [0.15, 0.2) is 0 Å². The molecule has 0 saturated carbocycles. The van der Waals surface area contributed by atoms with Gasteiger partial charge in [-0.3, -0.25) is 4.98 Å². The fourth-order valence-electron chi connectivity index (χ4n) is 1.54. The molecule has 0 aliphatic carbocycles. The molecule has 1 radical (unpaired) electrons. The second-order valence-electron chi connectivity index (χ2n) is 3.45. The Morgan fingerprint density at radius 1 is 1.21 bits per heavy atom. The lowest BCUT2D eigenvalue weighted by Gasteiger charge is -2.04. The Morgan fingerprint density at radius 2 is 2.07 bits per heavy atom. The van der Waals surface area contributed by atoms with Crippen LogP contribution in [0.2, 0.25) is 0 Å². The number of nitrogens with zero attached hydrogens (tertiary/aromatic N) is 1. The van der Waals surface area contributed by atoms with Crippen molar-refractivity contribution in [2.45, 2.75) is 13.8 Å². The van der Waals surface area contributed by atoms with E-state index in [4.69, 9.17) is 0 Å². The molecule has 2 rings (SSSR count). The van der Waals surface area contributed by atoms with Crippen molar-refractivity contribution in [1.82, 2.24) is 4.98 Å². The molecule has 1 heteroatoms. The quantitative estimate of drug-likeness (QED) is 0.660. The van der Waals surface area contributed by atoms with E-state index in [0.717, 1.165) is 11.3 Å². The summed E-state index contributed by atoms with van der Waals surface area (Å²) < 4.78 is 0. The number of hydrogen-bond acceptors (Lipinski definition) is 1. The van der Waals surface area contributed by atoms with Gasteiger partial charge >= 0.3 is 0 Å². The highest BCUT2D eigenvalue weighted by molar-refractivity contribution is 5.62. The third-order valence-electron chi connectivity index (χ3n) is 2.18. The molecule has 0 unspecified atom stereocenters. The number of aromatic nitrogens is 1. The number of benzene rings is 1. The third-order valence-corrected chi connectivity index (χ3v) is 2.18. The predicted molar refractivity (Wildman–Crippen MR) is 58.0 cm³/mol. The zero-order chi connectivity index (χ0) is 9.97. The summed E-state index contributed by atoms with van der Waals surface area (Å²) in [6.45, 7) is 4.13. The lowest BCUT2D eigenvalue weighted by Crippen LogP contribution is -1.89. The van der Waals surface area contributed by atoms with E-state index < -0.39 is 0 Å². The number of aryl methyl sites for hydroxylation is 2. The van der Waals surface area contributed by atoms with Crippen LogP contribution in [0.15, 0.2) is 36.5 Å². The molecule has 0 fully saturated rings. The summed E-state index contributed by atoms with van der Waals surface area (Å²) in [6, 6.07) is 13.2. The highest BCUT2D eigenvalue weighted by atomic mass is 14.7. The molecule has 1 aromatic heterocycles. The van der Waals surface area contributed by atoms with Crippen LogP contribution >= 0.6 is 0 Å². The van der Waals surface area contributed by atoms with Gasteiger partial charge in [-0.05, 0) is 31.0 Å². The molecule has 1 nitrogen and oxygen atoms in total. The summed E-state index contributed by atoms with van der Waals surface area (Å²) in [4.78, 5) is 4.42. The van der Waals surface area contributed by atoms with Crippen molar-refractivity contribution < 1.29 is 0 Å². The van der Waals surface area contributed by atoms with Gasteiger partial charge in [0.1, 0.15) is 0 Å². The smallest absolute Gasteiger partial charge is 0.0737 e. The van der Waals surface area contributed by atoms with Crippen molar-refractivity contribution in [3.8, 4) is 11.3 Å². The van der Waals surface area contributed by atoms with E-state index in [-0.39, 0.29) is 0 Å². The molecule has 14 heavy (non-hydrogen) atoms. The van der Waals surface area contributed by atoms with Gasteiger partial charge in [-0.2, -0.15) is 0 Å². The van der Waals surface area contributed by atoms with Crippen LogP contribution in [0.5, 0.6) is 0 Å². The molecule has 1 aromatic carbocycles. The van der Waals surface area contributed by atoms with Crippen LogP contribution in [0.3, 0.4) is 0 Å². The summed E-state index contributed by atoms with van der Waals surface area (Å²) >= 11 is 0. The van der Waals surface area contributed by atoms with E-state index in [1.807, 2.05) is 30.5 Å². The van der Waals surface area contributed by atoms with E-state index in [2.05, 4.69) is 31.0 Å². The lowest BCUT2D eigenvalue weighted by molar-refractivity contribution is 1.22. The summed E-state index contributed by atoms with van der Waals surface area (Å²) in [5.41, 5.74) is 4.48.